The molecule has 2 atom stereocenters. The third kappa shape index (κ3) is 9.89. The molecule has 1 unspecified atom stereocenters. The molecule has 0 spiro atoms. The number of rotatable bonds is 13. The number of carbonyl (C=O) groups is 4. The van der Waals surface area contributed by atoms with Gasteiger partial charge in [0.25, 0.3) is 5.91 Å². The number of piperazine rings is 1. The molecule has 2 saturated heterocycles. The van der Waals surface area contributed by atoms with E-state index in [0.717, 1.165) is 125 Å². The number of aryl methyl sites for hydroxylation is 1. The number of anilines is 3. The topological polar surface area (TPSA) is 175 Å². The molecule has 7 aromatic rings. The number of hydrogen-bond acceptors (Lipinski definition) is 12. The molecule has 3 amide bonds. The van der Waals surface area contributed by atoms with Crippen LogP contribution in [0, 0.1) is 18.8 Å². The number of benzene rings is 4. The first-order chi connectivity index (χ1) is 35.4. The Kier molecular flexibility index (Phi) is 13.4. The largest absolute Gasteiger partial charge is 0.490 e. The van der Waals surface area contributed by atoms with E-state index in [1.165, 1.54) is 11.3 Å². The molecule has 3 fully saturated rings. The normalized spacial score (nSPS) is 20.0. The number of nitrogens with one attached hydrogen (secondary N) is 2. The number of nitrogens with zero attached hydrogens (tertiary/aromatic N) is 7. The number of imide groups is 1. The van der Waals surface area contributed by atoms with E-state index in [1.807, 2.05) is 91.4 Å². The van der Waals surface area contributed by atoms with Gasteiger partial charge in [-0.05, 0) is 147 Å². The zero-order valence-corrected chi connectivity index (χ0v) is 42.4. The Bertz CT molecular complexity index is 3230. The minimum atomic E-state index is -1.10. The van der Waals surface area contributed by atoms with E-state index < -0.39 is 11.9 Å². The van der Waals surface area contributed by atoms with Gasteiger partial charge in [-0.15, -0.1) is 0 Å². The van der Waals surface area contributed by atoms with E-state index >= 15 is 0 Å². The van der Waals surface area contributed by atoms with Gasteiger partial charge < -0.3 is 19.6 Å². The lowest BCUT2D eigenvalue weighted by Crippen LogP contribution is -2.47. The molecule has 3 aromatic heterocycles. The van der Waals surface area contributed by atoms with Crippen molar-refractivity contribution in [1.82, 2.24) is 30.0 Å². The fourth-order valence-corrected chi connectivity index (χ4v) is 12.5. The third-order valence-electron chi connectivity index (χ3n) is 15.9. The van der Waals surface area contributed by atoms with Crippen molar-refractivity contribution < 1.29 is 29.0 Å². The lowest BCUT2D eigenvalue weighted by atomic mass is 9.78. The van der Waals surface area contributed by atoms with Gasteiger partial charge >= 0.3 is 5.97 Å². The van der Waals surface area contributed by atoms with Gasteiger partial charge in [0.1, 0.15) is 11.6 Å². The summed E-state index contributed by atoms with van der Waals surface area (Å²) in [5.41, 5.74) is 8.49. The minimum Gasteiger partial charge on any atom is -0.490 e. The number of thiazole rings is 1. The Morgan fingerprint density at radius 2 is 1.67 bits per heavy atom. The van der Waals surface area contributed by atoms with Crippen LogP contribution in [0.3, 0.4) is 0 Å². The highest BCUT2D eigenvalue weighted by Gasteiger charge is 2.33. The fraction of sp³-hybridized carbons (Fsp3) is 0.386. The standard InChI is InChI=1S/C57H61N9O6S/c1-34(24-26-64-28-30-65(31-29-64)38-16-19-43-47(32-38)63(3)62-52(43)44-21-23-51(67)60-55(44)69)36-14-17-39(18-15-36)72-48-12-7-9-40(35(48)2)41-20-22-50(59-53(41)56(70)71)66-27-25-37-8-6-10-42(45(37)33-66)54(68)61-57-58-46-11-4-5-13-49(46)73-57/h4-13,16,19-20,22,32,34,36,39,44H,14-15,17-18,21,23-31,33H2,1-3H3,(H,70,71)(H,58,61,68)(H,60,67,69)/t34-,36?,39?,44?/m0/s1. The molecule has 16 heteroatoms. The SMILES string of the molecule is Cc1c(OC2CCC([C@@H](C)CCN3CCN(c4ccc5c(C6CCC(=O)NC6=O)nn(C)c5c4)CC3)CC2)cccc1-c1ccc(N2CCc3cccc(C(=O)Nc4nc5ccccc5s4)c3C2)nc1C(=O)O. The van der Waals surface area contributed by atoms with Crippen LogP contribution in [0.5, 0.6) is 5.75 Å². The summed E-state index contributed by atoms with van der Waals surface area (Å²) in [5, 5.41) is 22.3. The molecule has 376 valence electrons. The number of piperidine rings is 1. The van der Waals surface area contributed by atoms with Crippen LogP contribution in [0.15, 0.2) is 91.0 Å². The fourth-order valence-electron chi connectivity index (χ4n) is 11.6. The number of amides is 3. The summed E-state index contributed by atoms with van der Waals surface area (Å²) in [6.07, 6.45) is 6.95. The lowest BCUT2D eigenvalue weighted by Gasteiger charge is -2.37. The molecule has 11 rings (SSSR count). The van der Waals surface area contributed by atoms with Crippen LogP contribution in [-0.2, 0) is 29.6 Å². The van der Waals surface area contributed by atoms with E-state index in [1.54, 1.807) is 0 Å². The van der Waals surface area contributed by atoms with Crippen molar-refractivity contribution in [3.05, 3.63) is 125 Å². The van der Waals surface area contributed by atoms with Gasteiger partial charge in [0.05, 0.1) is 33.4 Å². The van der Waals surface area contributed by atoms with Gasteiger partial charge in [-0.1, -0.05) is 54.7 Å². The smallest absolute Gasteiger partial charge is 0.355 e. The number of aromatic nitrogens is 4. The summed E-state index contributed by atoms with van der Waals surface area (Å²) in [5.74, 6) is 0.356. The number of hydrogen-bond donors (Lipinski definition) is 3. The molecule has 4 aromatic carbocycles. The molecule has 1 aliphatic carbocycles. The number of para-hydroxylation sites is 1. The first-order valence-electron chi connectivity index (χ1n) is 25.8. The number of pyridine rings is 1. The van der Waals surface area contributed by atoms with Gasteiger partial charge in [-0.2, -0.15) is 5.10 Å². The Balaban J connectivity index is 0.673. The Labute approximate surface area is 428 Å². The molecule has 4 aliphatic rings. The average Bonchev–Trinajstić information content (AvgIpc) is 3.97. The van der Waals surface area contributed by atoms with Crippen LogP contribution < -0.4 is 25.2 Å². The highest BCUT2D eigenvalue weighted by atomic mass is 32.1. The van der Waals surface area contributed by atoms with E-state index in [9.17, 15) is 24.3 Å². The molecule has 3 N–H and O–H groups in total. The summed E-state index contributed by atoms with van der Waals surface area (Å²) in [6.45, 7) is 10.5. The highest BCUT2D eigenvalue weighted by Crippen LogP contribution is 2.39. The molecule has 0 bridgehead atoms. The van der Waals surface area contributed by atoms with Gasteiger partial charge in [-0.25, -0.2) is 14.8 Å². The predicted octanol–water partition coefficient (Wildman–Crippen LogP) is 9.37. The van der Waals surface area contributed by atoms with Gasteiger partial charge in [-0.3, -0.25) is 34.6 Å². The van der Waals surface area contributed by atoms with E-state index in [2.05, 4.69) is 55.4 Å². The minimum absolute atomic E-state index is 0.0205. The van der Waals surface area contributed by atoms with Crippen molar-refractivity contribution in [2.24, 2.45) is 18.9 Å². The summed E-state index contributed by atoms with van der Waals surface area (Å²) in [4.78, 5) is 67.4. The van der Waals surface area contributed by atoms with E-state index in [-0.39, 0.29) is 29.5 Å². The molecular formula is C57H61N9O6S. The Morgan fingerprint density at radius 3 is 2.47 bits per heavy atom. The number of ether oxygens (including phenoxy) is 1. The van der Waals surface area contributed by atoms with Crippen molar-refractivity contribution in [3.63, 3.8) is 0 Å². The maximum absolute atomic E-state index is 13.7. The molecule has 6 heterocycles. The zero-order valence-electron chi connectivity index (χ0n) is 41.6. The number of carbonyl (C=O) groups excluding carboxylic acids is 3. The zero-order chi connectivity index (χ0) is 50.3. The van der Waals surface area contributed by atoms with Crippen LogP contribution in [0.2, 0.25) is 0 Å². The summed E-state index contributed by atoms with van der Waals surface area (Å²) in [7, 11) is 1.92. The first kappa shape index (κ1) is 48.1. The number of carboxylic acids is 1. The second-order valence-corrected chi connectivity index (χ2v) is 21.3. The van der Waals surface area contributed by atoms with Crippen molar-refractivity contribution in [1.29, 1.82) is 0 Å². The molecule has 1 saturated carbocycles. The molecule has 3 aliphatic heterocycles. The molecule has 15 nitrogen and oxygen atoms in total. The van der Waals surface area contributed by atoms with Crippen LogP contribution in [0.4, 0.5) is 16.6 Å². The quantitative estimate of drug-likeness (QED) is 0.0936. The molecular weight excluding hydrogens is 939 g/mol. The number of aromatic carboxylic acids is 1. The highest BCUT2D eigenvalue weighted by molar-refractivity contribution is 7.22. The average molecular weight is 1000 g/mol. The van der Waals surface area contributed by atoms with Crippen LogP contribution in [-0.4, -0.2) is 98.8 Å². The van der Waals surface area contributed by atoms with Crippen molar-refractivity contribution in [3.8, 4) is 16.9 Å². The van der Waals surface area contributed by atoms with Crippen molar-refractivity contribution in [2.75, 3.05) is 54.4 Å². The summed E-state index contributed by atoms with van der Waals surface area (Å²) >= 11 is 1.44. The second kappa shape index (κ2) is 20.4. The second-order valence-electron chi connectivity index (χ2n) is 20.3. The van der Waals surface area contributed by atoms with Crippen molar-refractivity contribution >= 4 is 72.8 Å². The number of fused-ring (bicyclic) bond motifs is 3. The lowest BCUT2D eigenvalue weighted by molar-refractivity contribution is -0.134. The maximum Gasteiger partial charge on any atom is 0.355 e. The van der Waals surface area contributed by atoms with Gasteiger partial charge in [0.2, 0.25) is 11.8 Å². The van der Waals surface area contributed by atoms with E-state index in [0.29, 0.717) is 66.3 Å². The summed E-state index contributed by atoms with van der Waals surface area (Å²) < 4.78 is 9.58. The van der Waals surface area contributed by atoms with Crippen LogP contribution >= 0.6 is 11.3 Å². The monoisotopic (exact) mass is 999 g/mol. The molecule has 73 heavy (non-hydrogen) atoms. The third-order valence-corrected chi connectivity index (χ3v) is 16.9. The van der Waals surface area contributed by atoms with Gasteiger partial charge in [0, 0.05) is 74.9 Å². The first-order valence-corrected chi connectivity index (χ1v) is 26.6. The van der Waals surface area contributed by atoms with E-state index in [4.69, 9.17) is 14.8 Å². The number of carboxylic acid groups (broad SMARTS) is 1. The van der Waals surface area contributed by atoms with Crippen LogP contribution in [0.1, 0.15) is 101 Å². The summed E-state index contributed by atoms with van der Waals surface area (Å²) in [6, 6.07) is 29.6. The van der Waals surface area contributed by atoms with Gasteiger partial charge in [0.15, 0.2) is 10.8 Å². The van der Waals surface area contributed by atoms with Crippen molar-refractivity contribution in [2.45, 2.75) is 83.8 Å². The predicted molar refractivity (Wildman–Crippen MR) is 285 cm³/mol. The Hall–Kier alpha value is -7.17. The maximum atomic E-state index is 13.7. The Morgan fingerprint density at radius 1 is 0.863 bits per heavy atom. The van der Waals surface area contributed by atoms with Crippen LogP contribution in [0.25, 0.3) is 32.2 Å². The molecule has 0 radical (unpaired) electrons.